The first-order valence-electron chi connectivity index (χ1n) is 9.35. The number of aliphatic hydroxyl groups is 1. The van der Waals surface area contributed by atoms with Gasteiger partial charge >= 0.3 is 6.03 Å². The number of anilines is 1. The number of likely N-dealkylation sites (tertiary alicyclic amines) is 1. The van der Waals surface area contributed by atoms with Crippen molar-refractivity contribution in [2.45, 2.75) is 18.9 Å². The Balaban J connectivity index is 1.49. The van der Waals surface area contributed by atoms with E-state index in [0.717, 1.165) is 18.5 Å². The first kappa shape index (κ1) is 20.2. The van der Waals surface area contributed by atoms with Crippen molar-refractivity contribution >= 4 is 29.2 Å². The Bertz CT molecular complexity index is 798. The minimum atomic E-state index is -0.803. The van der Waals surface area contributed by atoms with Crippen molar-refractivity contribution in [3.63, 3.8) is 0 Å². The number of carbonyl (C=O) groups is 2. The second-order valence-electron chi connectivity index (χ2n) is 6.89. The molecule has 0 spiro atoms. The number of piperidine rings is 1. The van der Waals surface area contributed by atoms with Gasteiger partial charge < -0.3 is 20.6 Å². The van der Waals surface area contributed by atoms with Crippen LogP contribution in [0, 0.1) is 5.92 Å². The van der Waals surface area contributed by atoms with E-state index in [-0.39, 0.29) is 24.4 Å². The van der Waals surface area contributed by atoms with Crippen molar-refractivity contribution < 1.29 is 14.7 Å². The van der Waals surface area contributed by atoms with Gasteiger partial charge in [-0.2, -0.15) is 0 Å². The summed E-state index contributed by atoms with van der Waals surface area (Å²) in [6, 6.07) is 15.9. The van der Waals surface area contributed by atoms with E-state index in [0.29, 0.717) is 23.7 Å². The molecule has 1 aliphatic heterocycles. The Labute approximate surface area is 169 Å². The molecule has 1 saturated heterocycles. The van der Waals surface area contributed by atoms with E-state index in [1.807, 2.05) is 30.3 Å². The smallest absolute Gasteiger partial charge is 0.321 e. The van der Waals surface area contributed by atoms with E-state index in [9.17, 15) is 14.7 Å². The predicted octanol–water partition coefficient (Wildman–Crippen LogP) is 3.43. The first-order chi connectivity index (χ1) is 13.5. The van der Waals surface area contributed by atoms with Crippen molar-refractivity contribution in [1.29, 1.82) is 0 Å². The van der Waals surface area contributed by atoms with Gasteiger partial charge in [0.15, 0.2) is 0 Å². The van der Waals surface area contributed by atoms with E-state index >= 15 is 0 Å². The van der Waals surface area contributed by atoms with Gasteiger partial charge in [-0.1, -0.05) is 41.9 Å². The molecule has 0 bridgehead atoms. The van der Waals surface area contributed by atoms with E-state index in [2.05, 4.69) is 10.6 Å². The van der Waals surface area contributed by atoms with Crippen LogP contribution in [0.5, 0.6) is 0 Å². The molecule has 2 unspecified atom stereocenters. The molecule has 3 N–H and O–H groups in total. The highest BCUT2D eigenvalue weighted by Crippen LogP contribution is 2.19. The fourth-order valence-electron chi connectivity index (χ4n) is 3.24. The maximum atomic E-state index is 12.5. The lowest BCUT2D eigenvalue weighted by atomic mass is 9.97. The number of benzene rings is 2. The van der Waals surface area contributed by atoms with Gasteiger partial charge in [-0.15, -0.1) is 0 Å². The monoisotopic (exact) mass is 401 g/mol. The van der Waals surface area contributed by atoms with Gasteiger partial charge in [0, 0.05) is 30.3 Å². The lowest BCUT2D eigenvalue weighted by Gasteiger charge is -2.32. The average Bonchev–Trinajstić information content (AvgIpc) is 2.73. The molecule has 28 heavy (non-hydrogen) atoms. The minimum absolute atomic E-state index is 0.118. The SMILES string of the molecule is O=C(NCC(O)c1ccc(Cl)cc1)C1CCCN(C(=O)Nc2ccccc2)C1. The number of rotatable bonds is 5. The minimum Gasteiger partial charge on any atom is -0.387 e. The summed E-state index contributed by atoms with van der Waals surface area (Å²) in [6.45, 7) is 1.10. The van der Waals surface area contributed by atoms with Gasteiger partial charge in [-0.25, -0.2) is 4.79 Å². The third-order valence-electron chi connectivity index (χ3n) is 4.83. The first-order valence-corrected chi connectivity index (χ1v) is 9.73. The third-order valence-corrected chi connectivity index (χ3v) is 5.08. The Morgan fingerprint density at radius 1 is 1.14 bits per heavy atom. The van der Waals surface area contributed by atoms with Gasteiger partial charge in [-0.05, 0) is 42.7 Å². The molecule has 2 aromatic rings. The Hall–Kier alpha value is -2.57. The second kappa shape index (κ2) is 9.57. The van der Waals surface area contributed by atoms with Crippen LogP contribution >= 0.6 is 11.6 Å². The largest absolute Gasteiger partial charge is 0.387 e. The van der Waals surface area contributed by atoms with Crippen LogP contribution in [-0.4, -0.2) is 41.6 Å². The highest BCUT2D eigenvalue weighted by molar-refractivity contribution is 6.30. The van der Waals surface area contributed by atoms with Gasteiger partial charge in [-0.3, -0.25) is 4.79 Å². The Kier molecular flexibility index (Phi) is 6.90. The molecule has 148 valence electrons. The molecule has 1 heterocycles. The van der Waals surface area contributed by atoms with Crippen LogP contribution in [0.15, 0.2) is 54.6 Å². The van der Waals surface area contributed by atoms with Gasteiger partial charge in [0.05, 0.1) is 12.0 Å². The lowest BCUT2D eigenvalue weighted by Crippen LogP contribution is -2.47. The van der Waals surface area contributed by atoms with Crippen LogP contribution in [0.4, 0.5) is 10.5 Å². The summed E-state index contributed by atoms with van der Waals surface area (Å²) < 4.78 is 0. The van der Waals surface area contributed by atoms with Gasteiger partial charge in [0.1, 0.15) is 0 Å². The van der Waals surface area contributed by atoms with E-state index in [4.69, 9.17) is 11.6 Å². The Morgan fingerprint density at radius 3 is 2.57 bits per heavy atom. The number of nitrogens with zero attached hydrogens (tertiary/aromatic N) is 1. The number of para-hydroxylation sites is 1. The molecule has 0 aliphatic carbocycles. The van der Waals surface area contributed by atoms with Crippen molar-refractivity contribution in [3.8, 4) is 0 Å². The molecule has 1 aliphatic rings. The molecule has 0 radical (unpaired) electrons. The van der Waals surface area contributed by atoms with E-state index < -0.39 is 6.10 Å². The Morgan fingerprint density at radius 2 is 1.86 bits per heavy atom. The van der Waals surface area contributed by atoms with Crippen LogP contribution < -0.4 is 10.6 Å². The number of nitrogens with one attached hydrogen (secondary N) is 2. The van der Waals surface area contributed by atoms with Crippen molar-refractivity contribution in [3.05, 3.63) is 65.2 Å². The quantitative estimate of drug-likeness (QED) is 0.717. The third kappa shape index (κ3) is 5.47. The molecule has 0 aromatic heterocycles. The topological polar surface area (TPSA) is 81.7 Å². The number of aliphatic hydroxyl groups excluding tert-OH is 1. The van der Waals surface area contributed by atoms with Crippen molar-refractivity contribution in [1.82, 2.24) is 10.2 Å². The molecule has 7 heteroatoms. The molecular formula is C21H24ClN3O3. The molecule has 2 atom stereocenters. The number of halogens is 1. The van der Waals surface area contributed by atoms with Crippen LogP contribution in [0.1, 0.15) is 24.5 Å². The number of hydrogen-bond donors (Lipinski definition) is 3. The normalized spacial score (nSPS) is 17.6. The summed E-state index contributed by atoms with van der Waals surface area (Å²) in [5.74, 6) is -0.432. The highest BCUT2D eigenvalue weighted by atomic mass is 35.5. The molecule has 2 aromatic carbocycles. The van der Waals surface area contributed by atoms with Crippen molar-refractivity contribution in [2.75, 3.05) is 25.0 Å². The fourth-order valence-corrected chi connectivity index (χ4v) is 3.37. The lowest BCUT2D eigenvalue weighted by molar-refractivity contribution is -0.126. The van der Waals surface area contributed by atoms with Crippen LogP contribution in [0.25, 0.3) is 0 Å². The number of carbonyl (C=O) groups excluding carboxylic acids is 2. The number of amides is 3. The maximum absolute atomic E-state index is 12.5. The molecule has 0 saturated carbocycles. The fraction of sp³-hybridized carbons (Fsp3) is 0.333. The molecule has 6 nitrogen and oxygen atoms in total. The average molecular weight is 402 g/mol. The highest BCUT2D eigenvalue weighted by Gasteiger charge is 2.28. The molecule has 1 fully saturated rings. The van der Waals surface area contributed by atoms with Crippen LogP contribution in [0.3, 0.4) is 0 Å². The van der Waals surface area contributed by atoms with E-state index in [1.165, 1.54) is 0 Å². The standard InChI is InChI=1S/C21H24ClN3O3/c22-17-10-8-15(9-11-17)19(26)13-23-20(27)16-5-4-12-25(14-16)21(28)24-18-6-2-1-3-7-18/h1-3,6-11,16,19,26H,4-5,12-14H2,(H,23,27)(H,24,28). The maximum Gasteiger partial charge on any atom is 0.321 e. The summed E-state index contributed by atoms with van der Waals surface area (Å²) in [7, 11) is 0. The van der Waals surface area contributed by atoms with Gasteiger partial charge in [0.2, 0.25) is 5.91 Å². The van der Waals surface area contributed by atoms with Gasteiger partial charge in [0.25, 0.3) is 0 Å². The summed E-state index contributed by atoms with van der Waals surface area (Å²) >= 11 is 5.85. The summed E-state index contributed by atoms with van der Waals surface area (Å²) in [6.07, 6.45) is 0.681. The van der Waals surface area contributed by atoms with Crippen LogP contribution in [-0.2, 0) is 4.79 Å². The number of hydrogen-bond acceptors (Lipinski definition) is 3. The predicted molar refractivity (Wildman–Crippen MR) is 109 cm³/mol. The van der Waals surface area contributed by atoms with Crippen molar-refractivity contribution in [2.24, 2.45) is 5.92 Å². The molecule has 3 rings (SSSR count). The molecule has 3 amide bonds. The zero-order valence-corrected chi connectivity index (χ0v) is 16.2. The molecular weight excluding hydrogens is 378 g/mol. The zero-order valence-electron chi connectivity index (χ0n) is 15.5. The van der Waals surface area contributed by atoms with Crippen LogP contribution in [0.2, 0.25) is 5.02 Å². The second-order valence-corrected chi connectivity index (χ2v) is 7.33. The summed E-state index contributed by atoms with van der Waals surface area (Å²) in [5, 5.41) is 16.5. The summed E-state index contributed by atoms with van der Waals surface area (Å²) in [4.78, 5) is 26.6. The zero-order chi connectivity index (χ0) is 19.9. The van der Waals surface area contributed by atoms with E-state index in [1.54, 1.807) is 29.2 Å². The summed E-state index contributed by atoms with van der Waals surface area (Å²) in [5.41, 5.74) is 1.42. The number of urea groups is 1.